The van der Waals surface area contributed by atoms with E-state index in [-0.39, 0.29) is 0 Å². The van der Waals surface area contributed by atoms with Gasteiger partial charge in [-0.05, 0) is 35.8 Å². The quantitative estimate of drug-likeness (QED) is 0.660. The molecule has 0 bridgehead atoms. The number of aromatic nitrogens is 1. The van der Waals surface area contributed by atoms with Gasteiger partial charge in [0.05, 0.1) is 6.61 Å². The summed E-state index contributed by atoms with van der Waals surface area (Å²) in [4.78, 5) is 9.54. The molecule has 1 aliphatic heterocycles. The van der Waals surface area contributed by atoms with Crippen LogP contribution in [0.5, 0.6) is 0 Å². The highest BCUT2D eigenvalue weighted by Crippen LogP contribution is 2.20. The van der Waals surface area contributed by atoms with Crippen molar-refractivity contribution in [1.82, 2.24) is 9.88 Å². The smallest absolute Gasteiger partial charge is 0.128 e. The van der Waals surface area contributed by atoms with E-state index in [1.807, 2.05) is 6.20 Å². The van der Waals surface area contributed by atoms with Crippen molar-refractivity contribution in [2.45, 2.75) is 53.4 Å². The van der Waals surface area contributed by atoms with Crippen LogP contribution in [0.4, 0.5) is 5.82 Å². The molecule has 0 saturated carbocycles. The predicted octanol–water partition coefficient (Wildman–Crippen LogP) is 4.17. The molecule has 0 aliphatic carbocycles. The lowest BCUT2D eigenvalue weighted by Crippen LogP contribution is -2.47. The Kier molecular flexibility index (Phi) is 7.70. The van der Waals surface area contributed by atoms with Gasteiger partial charge in [-0.25, -0.2) is 4.98 Å². The van der Waals surface area contributed by atoms with Crippen LogP contribution in [0.3, 0.4) is 0 Å². The molecular weight excluding hydrogens is 310 g/mol. The fraction of sp³-hybridized carbons (Fsp3) is 0.762. The van der Waals surface area contributed by atoms with Gasteiger partial charge in [-0.2, -0.15) is 0 Å². The van der Waals surface area contributed by atoms with Crippen molar-refractivity contribution in [2.75, 3.05) is 50.8 Å². The first-order valence-electron chi connectivity index (χ1n) is 9.86. The van der Waals surface area contributed by atoms with E-state index in [9.17, 15) is 0 Å². The van der Waals surface area contributed by atoms with Crippen LogP contribution in [0.15, 0.2) is 18.3 Å². The molecule has 1 aliphatic rings. The SMILES string of the molecule is CC(C)c1ccc(N2CCN(CCOCCCC(C)(C)C)CC2)nc1. The molecule has 2 heterocycles. The summed E-state index contributed by atoms with van der Waals surface area (Å²) in [6, 6.07) is 4.38. The Bertz CT molecular complexity index is 485. The maximum atomic E-state index is 5.81. The zero-order valence-electron chi connectivity index (χ0n) is 16.9. The monoisotopic (exact) mass is 347 g/mol. The Morgan fingerprint density at radius 1 is 1.08 bits per heavy atom. The minimum Gasteiger partial charge on any atom is -0.380 e. The first kappa shape index (κ1) is 20.2. The van der Waals surface area contributed by atoms with Crippen LogP contribution >= 0.6 is 0 Å². The van der Waals surface area contributed by atoms with E-state index in [1.165, 1.54) is 12.0 Å². The molecule has 0 amide bonds. The number of rotatable bonds is 8. The van der Waals surface area contributed by atoms with Gasteiger partial charge in [-0.3, -0.25) is 4.90 Å². The topological polar surface area (TPSA) is 28.6 Å². The molecular formula is C21H37N3O. The Hall–Kier alpha value is -1.13. The summed E-state index contributed by atoms with van der Waals surface area (Å²) in [6.45, 7) is 18.4. The summed E-state index contributed by atoms with van der Waals surface area (Å²) in [7, 11) is 0. The summed E-state index contributed by atoms with van der Waals surface area (Å²) in [6.07, 6.45) is 4.42. The molecule has 0 N–H and O–H groups in total. The van der Waals surface area contributed by atoms with Crippen molar-refractivity contribution >= 4 is 5.82 Å². The predicted molar refractivity (Wildman–Crippen MR) is 106 cm³/mol. The van der Waals surface area contributed by atoms with E-state index in [0.717, 1.165) is 58.2 Å². The van der Waals surface area contributed by atoms with Crippen molar-refractivity contribution in [3.63, 3.8) is 0 Å². The third kappa shape index (κ3) is 7.33. The van der Waals surface area contributed by atoms with E-state index in [4.69, 9.17) is 4.74 Å². The van der Waals surface area contributed by atoms with Gasteiger partial charge in [-0.15, -0.1) is 0 Å². The van der Waals surface area contributed by atoms with Crippen LogP contribution in [0.1, 0.15) is 58.9 Å². The van der Waals surface area contributed by atoms with Gasteiger partial charge < -0.3 is 9.64 Å². The molecule has 1 aromatic heterocycles. The van der Waals surface area contributed by atoms with E-state index < -0.39 is 0 Å². The highest BCUT2D eigenvalue weighted by molar-refractivity contribution is 5.40. The maximum Gasteiger partial charge on any atom is 0.128 e. The fourth-order valence-corrected chi connectivity index (χ4v) is 3.13. The maximum absolute atomic E-state index is 5.81. The summed E-state index contributed by atoms with van der Waals surface area (Å²) in [5.41, 5.74) is 1.73. The van der Waals surface area contributed by atoms with Crippen molar-refractivity contribution in [2.24, 2.45) is 5.41 Å². The second-order valence-electron chi connectivity index (χ2n) is 8.71. The molecule has 0 radical (unpaired) electrons. The third-order valence-electron chi connectivity index (χ3n) is 4.90. The van der Waals surface area contributed by atoms with Crippen LogP contribution in [0, 0.1) is 5.41 Å². The first-order chi connectivity index (χ1) is 11.8. The molecule has 1 aromatic rings. The summed E-state index contributed by atoms with van der Waals surface area (Å²) in [5.74, 6) is 1.66. The van der Waals surface area contributed by atoms with Gasteiger partial charge in [0.15, 0.2) is 0 Å². The highest BCUT2D eigenvalue weighted by atomic mass is 16.5. The minimum atomic E-state index is 0.418. The zero-order chi connectivity index (χ0) is 18.3. The number of hydrogen-bond acceptors (Lipinski definition) is 4. The number of ether oxygens (including phenoxy) is 1. The second-order valence-corrected chi connectivity index (χ2v) is 8.71. The molecule has 1 saturated heterocycles. The van der Waals surface area contributed by atoms with Gasteiger partial charge in [0.1, 0.15) is 5.82 Å². The summed E-state index contributed by atoms with van der Waals surface area (Å²) < 4.78 is 5.81. The normalized spacial score (nSPS) is 16.6. The van der Waals surface area contributed by atoms with Crippen molar-refractivity contribution in [1.29, 1.82) is 0 Å². The molecule has 4 nitrogen and oxygen atoms in total. The lowest BCUT2D eigenvalue weighted by atomic mass is 9.91. The van der Waals surface area contributed by atoms with Crippen LogP contribution in [-0.2, 0) is 4.74 Å². The van der Waals surface area contributed by atoms with E-state index in [1.54, 1.807) is 0 Å². The zero-order valence-corrected chi connectivity index (χ0v) is 16.9. The molecule has 4 heteroatoms. The molecule has 142 valence electrons. The average molecular weight is 348 g/mol. The van der Waals surface area contributed by atoms with E-state index >= 15 is 0 Å². The Labute approximate surface area is 154 Å². The van der Waals surface area contributed by atoms with Crippen molar-refractivity contribution in [3.8, 4) is 0 Å². The van der Waals surface area contributed by atoms with Crippen molar-refractivity contribution < 1.29 is 4.74 Å². The van der Waals surface area contributed by atoms with Crippen LogP contribution in [0.25, 0.3) is 0 Å². The average Bonchev–Trinajstić information content (AvgIpc) is 2.58. The lowest BCUT2D eigenvalue weighted by molar-refractivity contribution is 0.0939. The molecule has 0 spiro atoms. The van der Waals surface area contributed by atoms with E-state index in [2.05, 4.69) is 61.5 Å². The Morgan fingerprint density at radius 2 is 1.80 bits per heavy atom. The van der Waals surface area contributed by atoms with Crippen LogP contribution < -0.4 is 4.90 Å². The van der Waals surface area contributed by atoms with Gasteiger partial charge in [0, 0.05) is 45.5 Å². The number of anilines is 1. The number of piperazine rings is 1. The molecule has 0 atom stereocenters. The van der Waals surface area contributed by atoms with Crippen LogP contribution in [-0.4, -0.2) is 55.8 Å². The molecule has 2 rings (SSSR count). The van der Waals surface area contributed by atoms with Gasteiger partial charge in [0.2, 0.25) is 0 Å². The summed E-state index contributed by atoms with van der Waals surface area (Å²) >= 11 is 0. The van der Waals surface area contributed by atoms with Gasteiger partial charge in [-0.1, -0.05) is 40.7 Å². The first-order valence-corrected chi connectivity index (χ1v) is 9.86. The number of pyridine rings is 1. The standard InChI is InChI=1S/C21H37N3O/c1-18(2)19-7-8-20(22-17-19)24-12-10-23(11-13-24)14-16-25-15-6-9-21(3,4)5/h7-8,17-18H,6,9-16H2,1-5H3. The lowest BCUT2D eigenvalue weighted by Gasteiger charge is -2.35. The Balaban J connectivity index is 1.61. The Morgan fingerprint density at radius 3 is 2.36 bits per heavy atom. The number of nitrogens with zero attached hydrogens (tertiary/aromatic N) is 3. The minimum absolute atomic E-state index is 0.418. The van der Waals surface area contributed by atoms with Gasteiger partial charge in [0.25, 0.3) is 0 Å². The van der Waals surface area contributed by atoms with E-state index in [0.29, 0.717) is 11.3 Å². The molecule has 0 aromatic carbocycles. The molecule has 0 unspecified atom stereocenters. The van der Waals surface area contributed by atoms with Crippen LogP contribution in [0.2, 0.25) is 0 Å². The fourth-order valence-electron chi connectivity index (χ4n) is 3.13. The third-order valence-corrected chi connectivity index (χ3v) is 4.90. The van der Waals surface area contributed by atoms with Gasteiger partial charge >= 0.3 is 0 Å². The highest BCUT2D eigenvalue weighted by Gasteiger charge is 2.18. The molecule has 1 fully saturated rings. The summed E-state index contributed by atoms with van der Waals surface area (Å²) in [5, 5.41) is 0. The largest absolute Gasteiger partial charge is 0.380 e. The number of hydrogen-bond donors (Lipinski definition) is 0. The molecule has 25 heavy (non-hydrogen) atoms. The van der Waals surface area contributed by atoms with Crippen molar-refractivity contribution in [3.05, 3.63) is 23.9 Å². The second kappa shape index (κ2) is 9.54.